The quantitative estimate of drug-likeness (QED) is 0.283. The Hall–Kier alpha value is -3.76. The van der Waals surface area contributed by atoms with Gasteiger partial charge in [-0.1, -0.05) is 42.5 Å². The van der Waals surface area contributed by atoms with E-state index in [1.807, 2.05) is 30.3 Å². The number of aliphatic hydroxyl groups excluding tert-OH is 1. The Morgan fingerprint density at radius 2 is 1.49 bits per heavy atom. The zero-order valence-electron chi connectivity index (χ0n) is 21.2. The second-order valence-electron chi connectivity index (χ2n) is 9.20. The van der Waals surface area contributed by atoms with E-state index in [9.17, 15) is 19.2 Å². The SMILES string of the molecule is COc1ccc(C[C@H](NC(=O)[C@H](C)NC(=O)CO)C(=O)N[C@@H](Cc2ccccc2)C(=O)[C@@]2(C)CO2)cc1. The highest BCUT2D eigenvalue weighted by molar-refractivity contribution is 5.98. The molecular formula is C27H33N3O7. The molecule has 3 rings (SSSR count). The Balaban J connectivity index is 1.80. The predicted molar refractivity (Wildman–Crippen MR) is 135 cm³/mol. The van der Waals surface area contributed by atoms with Gasteiger partial charge in [0.15, 0.2) is 5.78 Å². The minimum Gasteiger partial charge on any atom is -0.497 e. The average molecular weight is 512 g/mol. The van der Waals surface area contributed by atoms with Gasteiger partial charge in [0.1, 0.15) is 30.0 Å². The van der Waals surface area contributed by atoms with E-state index in [0.717, 1.165) is 11.1 Å². The fourth-order valence-electron chi connectivity index (χ4n) is 3.81. The van der Waals surface area contributed by atoms with Crippen molar-refractivity contribution in [3.63, 3.8) is 0 Å². The van der Waals surface area contributed by atoms with Crippen molar-refractivity contribution in [1.29, 1.82) is 0 Å². The van der Waals surface area contributed by atoms with Gasteiger partial charge in [0.2, 0.25) is 17.7 Å². The molecule has 0 aliphatic carbocycles. The van der Waals surface area contributed by atoms with E-state index in [1.54, 1.807) is 38.3 Å². The van der Waals surface area contributed by atoms with Gasteiger partial charge < -0.3 is 30.5 Å². The van der Waals surface area contributed by atoms with Crippen LogP contribution >= 0.6 is 0 Å². The van der Waals surface area contributed by atoms with Crippen molar-refractivity contribution >= 4 is 23.5 Å². The summed E-state index contributed by atoms with van der Waals surface area (Å²) in [6.07, 6.45) is 0.388. The molecule has 10 nitrogen and oxygen atoms in total. The van der Waals surface area contributed by atoms with Crippen molar-refractivity contribution in [2.24, 2.45) is 0 Å². The first-order chi connectivity index (χ1) is 17.6. The summed E-state index contributed by atoms with van der Waals surface area (Å²) in [4.78, 5) is 51.0. The molecule has 1 aliphatic rings. The first-order valence-electron chi connectivity index (χ1n) is 12.0. The van der Waals surface area contributed by atoms with Crippen LogP contribution in [0, 0.1) is 0 Å². The summed E-state index contributed by atoms with van der Waals surface area (Å²) < 4.78 is 10.5. The minimum absolute atomic E-state index is 0.127. The smallest absolute Gasteiger partial charge is 0.246 e. The number of amides is 3. The summed E-state index contributed by atoms with van der Waals surface area (Å²) in [5.74, 6) is -1.49. The molecular weight excluding hydrogens is 478 g/mol. The Morgan fingerprint density at radius 1 is 0.919 bits per heavy atom. The first kappa shape index (κ1) is 27.8. The monoisotopic (exact) mass is 511 g/mol. The summed E-state index contributed by atoms with van der Waals surface area (Å²) in [6, 6.07) is 13.4. The third kappa shape index (κ3) is 7.86. The molecule has 1 fully saturated rings. The van der Waals surface area contributed by atoms with Crippen LogP contribution < -0.4 is 20.7 Å². The number of Topliss-reactive ketones (excluding diaryl/α,β-unsaturated/α-hetero) is 1. The number of hydrogen-bond acceptors (Lipinski definition) is 7. The van der Waals surface area contributed by atoms with Crippen LogP contribution in [0.2, 0.25) is 0 Å². The summed E-state index contributed by atoms with van der Waals surface area (Å²) >= 11 is 0. The van der Waals surface area contributed by atoms with Crippen LogP contribution in [0.4, 0.5) is 0 Å². The number of aliphatic hydroxyl groups is 1. The van der Waals surface area contributed by atoms with E-state index in [2.05, 4.69) is 16.0 Å². The maximum absolute atomic E-state index is 13.5. The molecule has 1 saturated heterocycles. The molecule has 0 aromatic heterocycles. The van der Waals surface area contributed by atoms with E-state index in [1.165, 1.54) is 6.92 Å². The van der Waals surface area contributed by atoms with Crippen LogP contribution in [0.15, 0.2) is 54.6 Å². The van der Waals surface area contributed by atoms with Crippen LogP contribution in [0.5, 0.6) is 5.75 Å². The number of ketones is 1. The highest BCUT2D eigenvalue weighted by Gasteiger charge is 2.50. The number of epoxide rings is 1. The molecule has 2 aromatic rings. The van der Waals surface area contributed by atoms with Crippen LogP contribution in [-0.4, -0.2) is 72.7 Å². The zero-order valence-corrected chi connectivity index (χ0v) is 21.2. The molecule has 0 spiro atoms. The molecule has 0 bridgehead atoms. The van der Waals surface area contributed by atoms with Crippen molar-refractivity contribution in [1.82, 2.24) is 16.0 Å². The molecule has 2 aromatic carbocycles. The lowest BCUT2D eigenvalue weighted by Gasteiger charge is -2.25. The molecule has 198 valence electrons. The van der Waals surface area contributed by atoms with Crippen molar-refractivity contribution < 1.29 is 33.8 Å². The van der Waals surface area contributed by atoms with Crippen LogP contribution in [0.3, 0.4) is 0 Å². The molecule has 3 amide bonds. The Bertz CT molecular complexity index is 1100. The third-order valence-corrected chi connectivity index (χ3v) is 6.16. The number of benzene rings is 2. The number of ether oxygens (including phenoxy) is 2. The van der Waals surface area contributed by atoms with Gasteiger partial charge in [0, 0.05) is 6.42 Å². The second-order valence-corrected chi connectivity index (χ2v) is 9.20. The van der Waals surface area contributed by atoms with E-state index in [-0.39, 0.29) is 25.2 Å². The van der Waals surface area contributed by atoms with Gasteiger partial charge in [-0.3, -0.25) is 19.2 Å². The summed E-state index contributed by atoms with van der Waals surface area (Å²) in [5.41, 5.74) is 0.656. The number of hydrogen-bond donors (Lipinski definition) is 4. The molecule has 4 N–H and O–H groups in total. The van der Waals surface area contributed by atoms with E-state index in [0.29, 0.717) is 5.75 Å². The molecule has 0 unspecified atom stereocenters. The fraction of sp³-hybridized carbons (Fsp3) is 0.407. The minimum atomic E-state index is -1.05. The number of rotatable bonds is 13. The first-order valence-corrected chi connectivity index (χ1v) is 12.0. The van der Waals surface area contributed by atoms with Gasteiger partial charge in [-0.05, 0) is 43.5 Å². The molecule has 1 heterocycles. The number of carbonyl (C=O) groups is 4. The largest absolute Gasteiger partial charge is 0.497 e. The van der Waals surface area contributed by atoms with Gasteiger partial charge in [0.05, 0.1) is 19.8 Å². The fourth-order valence-corrected chi connectivity index (χ4v) is 3.81. The van der Waals surface area contributed by atoms with Crippen LogP contribution in [-0.2, 0) is 36.8 Å². The van der Waals surface area contributed by atoms with E-state index < -0.39 is 48.1 Å². The lowest BCUT2D eigenvalue weighted by molar-refractivity contribution is -0.134. The van der Waals surface area contributed by atoms with Crippen molar-refractivity contribution in [3.8, 4) is 5.75 Å². The van der Waals surface area contributed by atoms with Gasteiger partial charge >= 0.3 is 0 Å². The number of methoxy groups -OCH3 is 1. The molecule has 37 heavy (non-hydrogen) atoms. The van der Waals surface area contributed by atoms with Gasteiger partial charge in [-0.25, -0.2) is 0 Å². The van der Waals surface area contributed by atoms with Gasteiger partial charge in [-0.2, -0.15) is 0 Å². The van der Waals surface area contributed by atoms with Crippen molar-refractivity contribution in [3.05, 3.63) is 65.7 Å². The Labute approximate surface area is 215 Å². The third-order valence-electron chi connectivity index (χ3n) is 6.16. The number of carbonyl (C=O) groups excluding carboxylic acids is 4. The normalized spacial score (nSPS) is 18.6. The highest BCUT2D eigenvalue weighted by Crippen LogP contribution is 2.29. The van der Waals surface area contributed by atoms with Crippen molar-refractivity contribution in [2.45, 2.75) is 50.4 Å². The van der Waals surface area contributed by atoms with Gasteiger partial charge in [0.25, 0.3) is 0 Å². The highest BCUT2D eigenvalue weighted by atomic mass is 16.6. The summed E-state index contributed by atoms with van der Waals surface area (Å²) in [7, 11) is 1.54. The lowest BCUT2D eigenvalue weighted by Crippen LogP contribution is -2.57. The summed E-state index contributed by atoms with van der Waals surface area (Å²) in [5, 5.41) is 16.8. The van der Waals surface area contributed by atoms with Crippen molar-refractivity contribution in [2.75, 3.05) is 20.3 Å². The zero-order chi connectivity index (χ0) is 27.0. The molecule has 4 atom stereocenters. The van der Waals surface area contributed by atoms with E-state index >= 15 is 0 Å². The standard InChI is InChI=1S/C27H33N3O7/c1-17(28-23(32)15-31)25(34)30-22(14-19-9-11-20(36-3)12-10-19)26(35)29-21(24(33)27(2)16-37-27)13-18-7-5-4-6-8-18/h4-12,17,21-22,31H,13-16H2,1-3H3,(H,28,32)(H,29,35)(H,30,34)/t17-,21-,22-,27+/m0/s1. The average Bonchev–Trinajstić information content (AvgIpc) is 3.66. The second kappa shape index (κ2) is 12.5. The van der Waals surface area contributed by atoms with E-state index in [4.69, 9.17) is 14.6 Å². The van der Waals surface area contributed by atoms with Crippen LogP contribution in [0.25, 0.3) is 0 Å². The molecule has 0 saturated carbocycles. The molecule has 10 heteroatoms. The molecule has 0 radical (unpaired) electrons. The lowest BCUT2D eigenvalue weighted by atomic mass is 9.94. The maximum Gasteiger partial charge on any atom is 0.246 e. The van der Waals surface area contributed by atoms with Gasteiger partial charge in [-0.15, -0.1) is 0 Å². The van der Waals surface area contributed by atoms with Crippen LogP contribution in [0.1, 0.15) is 25.0 Å². The predicted octanol–water partition coefficient (Wildman–Crippen LogP) is 0.305. The Morgan fingerprint density at radius 3 is 2.05 bits per heavy atom. The molecule has 1 aliphatic heterocycles. The Kier molecular flexibility index (Phi) is 9.37. The number of nitrogens with one attached hydrogen (secondary N) is 3. The maximum atomic E-state index is 13.5. The topological polar surface area (TPSA) is 146 Å². The summed E-state index contributed by atoms with van der Waals surface area (Å²) in [6.45, 7) is 2.64.